The second-order valence-electron chi connectivity index (χ2n) is 5.81. The first kappa shape index (κ1) is 16.5. The molecule has 1 heterocycles. The second kappa shape index (κ2) is 6.65. The molecule has 1 N–H and O–H groups in total. The molecule has 0 bridgehead atoms. The van der Waals surface area contributed by atoms with Gasteiger partial charge in [0.05, 0.1) is 5.56 Å². The van der Waals surface area contributed by atoms with Crippen molar-refractivity contribution >= 4 is 11.6 Å². The Morgan fingerprint density at radius 3 is 2.46 bits per heavy atom. The van der Waals surface area contributed by atoms with Crippen LogP contribution in [0.4, 0.5) is 18.9 Å². The highest BCUT2D eigenvalue weighted by molar-refractivity contribution is 5.96. The van der Waals surface area contributed by atoms with Gasteiger partial charge in [0.1, 0.15) is 5.82 Å². The molecule has 1 fully saturated rings. The molecule has 1 aliphatic heterocycles. The minimum atomic E-state index is -2.87. The Morgan fingerprint density at radius 1 is 1.17 bits per heavy atom. The van der Waals surface area contributed by atoms with Crippen LogP contribution in [0.1, 0.15) is 18.4 Å². The number of carbonyl (C=O) groups excluding carboxylic acids is 1. The molecule has 0 aliphatic carbocycles. The first-order valence-electron chi connectivity index (χ1n) is 7.59. The third-order valence-corrected chi connectivity index (χ3v) is 4.22. The Balaban J connectivity index is 1.88. The number of rotatable bonds is 4. The van der Waals surface area contributed by atoms with E-state index in [1.165, 1.54) is 12.1 Å². The van der Waals surface area contributed by atoms with E-state index in [9.17, 15) is 18.0 Å². The fourth-order valence-electron chi connectivity index (χ4n) is 2.92. The summed E-state index contributed by atoms with van der Waals surface area (Å²) in [6.45, 7) is 0.385. The lowest BCUT2D eigenvalue weighted by Gasteiger charge is -2.17. The molecule has 24 heavy (non-hydrogen) atoms. The maximum absolute atomic E-state index is 14.2. The zero-order valence-corrected chi connectivity index (χ0v) is 12.8. The Hall–Kier alpha value is -2.34. The molecular formula is C18H16F3NO2. The zero-order chi connectivity index (χ0) is 17.3. The van der Waals surface area contributed by atoms with Crippen LogP contribution >= 0.6 is 0 Å². The van der Waals surface area contributed by atoms with Crippen molar-refractivity contribution in [2.24, 2.45) is 5.92 Å². The molecule has 1 saturated heterocycles. The maximum atomic E-state index is 14.2. The van der Waals surface area contributed by atoms with Crippen molar-refractivity contribution in [2.75, 3.05) is 18.1 Å². The van der Waals surface area contributed by atoms with Crippen molar-refractivity contribution in [1.29, 1.82) is 0 Å². The van der Waals surface area contributed by atoms with Crippen molar-refractivity contribution in [3.8, 4) is 11.1 Å². The lowest BCUT2D eigenvalue weighted by molar-refractivity contribution is -0.117. The van der Waals surface area contributed by atoms with Gasteiger partial charge in [0.25, 0.3) is 6.43 Å². The number of aliphatic hydroxyl groups is 1. The van der Waals surface area contributed by atoms with Crippen LogP contribution in [-0.2, 0) is 4.79 Å². The molecule has 6 heteroatoms. The summed E-state index contributed by atoms with van der Waals surface area (Å²) in [5.74, 6) is -1.09. The van der Waals surface area contributed by atoms with Gasteiger partial charge in [-0.05, 0) is 17.7 Å². The second-order valence-corrected chi connectivity index (χ2v) is 5.81. The van der Waals surface area contributed by atoms with E-state index in [4.69, 9.17) is 5.11 Å². The summed E-state index contributed by atoms with van der Waals surface area (Å²) < 4.78 is 39.8. The Morgan fingerprint density at radius 2 is 1.88 bits per heavy atom. The van der Waals surface area contributed by atoms with Gasteiger partial charge >= 0.3 is 0 Å². The molecular weight excluding hydrogens is 319 g/mol. The Kier molecular flexibility index (Phi) is 4.57. The minimum Gasteiger partial charge on any atom is -0.396 e. The summed E-state index contributed by atoms with van der Waals surface area (Å²) in [6, 6.07) is 10.4. The number of hydrogen-bond donors (Lipinski definition) is 1. The minimum absolute atomic E-state index is 0.0496. The van der Waals surface area contributed by atoms with E-state index in [-0.39, 0.29) is 24.0 Å². The predicted molar refractivity (Wildman–Crippen MR) is 84.3 cm³/mol. The summed E-state index contributed by atoms with van der Waals surface area (Å²) in [6.07, 6.45) is -2.58. The van der Waals surface area contributed by atoms with Gasteiger partial charge in [-0.15, -0.1) is 0 Å². The summed E-state index contributed by atoms with van der Waals surface area (Å²) in [5, 5.41) is 9.16. The number of halogens is 3. The number of anilines is 1. The standard InChI is InChI=1S/C18H16F3NO2/c19-17-14(2-1-3-15(17)18(20)21)12-4-6-13(7-5-12)22-9-11(10-23)8-16(22)24/h1-7,11,18,23H,8-10H2. The van der Waals surface area contributed by atoms with E-state index < -0.39 is 17.8 Å². The van der Waals surface area contributed by atoms with E-state index in [1.807, 2.05) is 0 Å². The Bertz CT molecular complexity index is 746. The molecule has 1 amide bonds. The van der Waals surface area contributed by atoms with Crippen LogP contribution < -0.4 is 4.90 Å². The van der Waals surface area contributed by atoms with Gasteiger partial charge in [-0.3, -0.25) is 4.79 Å². The number of aliphatic hydroxyl groups excluding tert-OH is 1. The van der Waals surface area contributed by atoms with Crippen LogP contribution in [0.15, 0.2) is 42.5 Å². The van der Waals surface area contributed by atoms with E-state index in [1.54, 1.807) is 29.2 Å². The average Bonchev–Trinajstić information content (AvgIpc) is 2.96. The molecule has 3 nitrogen and oxygen atoms in total. The lowest BCUT2D eigenvalue weighted by Crippen LogP contribution is -2.24. The third kappa shape index (κ3) is 3.01. The van der Waals surface area contributed by atoms with Crippen LogP contribution in [-0.4, -0.2) is 24.2 Å². The number of carbonyl (C=O) groups is 1. The van der Waals surface area contributed by atoms with Crippen LogP contribution in [0.3, 0.4) is 0 Å². The van der Waals surface area contributed by atoms with Crippen molar-refractivity contribution in [2.45, 2.75) is 12.8 Å². The van der Waals surface area contributed by atoms with Crippen molar-refractivity contribution < 1.29 is 23.1 Å². The Labute approximate surface area is 137 Å². The maximum Gasteiger partial charge on any atom is 0.266 e. The summed E-state index contributed by atoms with van der Waals surface area (Å²) in [7, 11) is 0. The molecule has 2 aromatic carbocycles. The van der Waals surface area contributed by atoms with Crippen molar-refractivity contribution in [3.63, 3.8) is 0 Å². The van der Waals surface area contributed by atoms with Crippen LogP contribution in [0, 0.1) is 11.7 Å². The number of hydrogen-bond acceptors (Lipinski definition) is 2. The third-order valence-electron chi connectivity index (χ3n) is 4.22. The first-order valence-corrected chi connectivity index (χ1v) is 7.59. The summed E-state index contributed by atoms with van der Waals surface area (Å²) >= 11 is 0. The molecule has 126 valence electrons. The fourth-order valence-corrected chi connectivity index (χ4v) is 2.92. The number of benzene rings is 2. The molecule has 3 rings (SSSR count). The molecule has 1 atom stereocenters. The van der Waals surface area contributed by atoms with E-state index in [2.05, 4.69) is 0 Å². The van der Waals surface area contributed by atoms with Gasteiger partial charge < -0.3 is 10.0 Å². The van der Waals surface area contributed by atoms with Crippen molar-refractivity contribution in [1.82, 2.24) is 0 Å². The predicted octanol–water partition coefficient (Wildman–Crippen LogP) is 3.78. The molecule has 1 aliphatic rings. The summed E-state index contributed by atoms with van der Waals surface area (Å²) in [4.78, 5) is 13.5. The van der Waals surface area contributed by atoms with E-state index in [0.717, 1.165) is 6.07 Å². The van der Waals surface area contributed by atoms with Gasteiger partial charge in [-0.1, -0.05) is 30.3 Å². The van der Waals surface area contributed by atoms with Gasteiger partial charge in [-0.25, -0.2) is 13.2 Å². The van der Waals surface area contributed by atoms with Gasteiger partial charge in [0.2, 0.25) is 5.91 Å². The fraction of sp³-hybridized carbons (Fsp3) is 0.278. The highest BCUT2D eigenvalue weighted by Crippen LogP contribution is 2.32. The molecule has 0 saturated carbocycles. The number of alkyl halides is 2. The quantitative estimate of drug-likeness (QED) is 0.924. The van der Waals surface area contributed by atoms with Crippen LogP contribution in [0.2, 0.25) is 0 Å². The van der Waals surface area contributed by atoms with Crippen molar-refractivity contribution in [3.05, 3.63) is 53.8 Å². The first-order chi connectivity index (χ1) is 11.5. The lowest BCUT2D eigenvalue weighted by atomic mass is 10.0. The average molecular weight is 335 g/mol. The highest BCUT2D eigenvalue weighted by atomic mass is 19.3. The topological polar surface area (TPSA) is 40.5 Å². The SMILES string of the molecule is O=C1CC(CO)CN1c1ccc(-c2cccc(C(F)F)c2F)cc1. The van der Waals surface area contributed by atoms with E-state index >= 15 is 0 Å². The summed E-state index contributed by atoms with van der Waals surface area (Å²) in [5.41, 5.74) is 0.576. The van der Waals surface area contributed by atoms with Crippen LogP contribution in [0.5, 0.6) is 0 Å². The number of nitrogens with zero attached hydrogens (tertiary/aromatic N) is 1. The largest absolute Gasteiger partial charge is 0.396 e. The van der Waals surface area contributed by atoms with E-state index in [0.29, 0.717) is 24.2 Å². The monoisotopic (exact) mass is 335 g/mol. The van der Waals surface area contributed by atoms with Gasteiger partial charge in [-0.2, -0.15) is 0 Å². The van der Waals surface area contributed by atoms with Crippen LogP contribution in [0.25, 0.3) is 11.1 Å². The molecule has 0 spiro atoms. The molecule has 1 unspecified atom stereocenters. The normalized spacial score (nSPS) is 17.8. The highest BCUT2D eigenvalue weighted by Gasteiger charge is 2.30. The van der Waals surface area contributed by atoms with Gasteiger partial charge in [0, 0.05) is 36.7 Å². The molecule has 0 aromatic heterocycles. The number of amides is 1. The smallest absolute Gasteiger partial charge is 0.266 e. The zero-order valence-electron chi connectivity index (χ0n) is 12.8. The van der Waals surface area contributed by atoms with Gasteiger partial charge in [0.15, 0.2) is 0 Å². The molecule has 2 aromatic rings. The molecule has 0 radical (unpaired) electrons.